The van der Waals surface area contributed by atoms with E-state index < -0.39 is 15.6 Å². The largest absolute Gasteiger partial charge is 0.741 e. The van der Waals surface area contributed by atoms with Crippen LogP contribution in [0.3, 0.4) is 0 Å². The average Bonchev–Trinajstić information content (AvgIpc) is 2.98. The summed E-state index contributed by atoms with van der Waals surface area (Å²) in [6.07, 6.45) is 0.561. The van der Waals surface area contributed by atoms with Crippen LogP contribution in [0.15, 0.2) is 54.6 Å². The van der Waals surface area contributed by atoms with Gasteiger partial charge < -0.3 is 4.55 Å². The average molecular weight is 421 g/mol. The van der Waals surface area contributed by atoms with Crippen molar-refractivity contribution in [3.8, 4) is 10.6 Å². The highest BCUT2D eigenvalue weighted by atomic mass is 32.2. The predicted octanol–water partition coefficient (Wildman–Crippen LogP) is 4.27. The van der Waals surface area contributed by atoms with Gasteiger partial charge in [-0.05, 0) is 18.2 Å². The van der Waals surface area contributed by atoms with E-state index in [0.29, 0.717) is 6.42 Å². The van der Waals surface area contributed by atoms with E-state index in [-0.39, 0.29) is 6.67 Å². The Bertz CT molecular complexity index is 986. The monoisotopic (exact) mass is 421 g/mol. The van der Waals surface area contributed by atoms with Gasteiger partial charge in [0.25, 0.3) is 5.01 Å². The summed E-state index contributed by atoms with van der Waals surface area (Å²) < 4.78 is 74.9. The highest BCUT2D eigenvalue weighted by molar-refractivity contribution is 7.86. The Labute approximate surface area is 157 Å². The summed E-state index contributed by atoms with van der Waals surface area (Å²) in [6, 6.07) is 18.6. The van der Waals surface area contributed by atoms with Gasteiger partial charge in [0.2, 0.25) is 5.52 Å². The number of nitrogens with zero attached hydrogens (tertiary/aromatic N) is 1. The van der Waals surface area contributed by atoms with Crippen molar-refractivity contribution in [2.45, 2.75) is 18.5 Å². The lowest BCUT2D eigenvalue weighted by molar-refractivity contribution is -0.657. The molecular weight excluding hydrogens is 406 g/mol. The zero-order valence-corrected chi connectivity index (χ0v) is 15.5. The number of halogens is 4. The normalized spacial score (nSPS) is 11.9. The molecule has 0 saturated carbocycles. The molecule has 10 heteroatoms. The minimum Gasteiger partial charge on any atom is -0.741 e. The number of alkyl halides is 4. The number of para-hydroxylation sites is 1. The fraction of sp³-hybridized carbons (Fsp3) is 0.235. The summed E-state index contributed by atoms with van der Waals surface area (Å²) in [5, 5.41) is 1.20. The van der Waals surface area contributed by atoms with Gasteiger partial charge in [0.1, 0.15) is 4.70 Å². The van der Waals surface area contributed by atoms with Crippen LogP contribution in [-0.2, 0) is 16.7 Å². The molecule has 0 atom stereocenters. The molecule has 1 aromatic heterocycles. The van der Waals surface area contributed by atoms with Crippen LogP contribution in [0.25, 0.3) is 20.8 Å². The molecule has 0 radical (unpaired) electrons. The molecule has 1 heterocycles. The van der Waals surface area contributed by atoms with Crippen molar-refractivity contribution >= 4 is 31.7 Å². The third kappa shape index (κ3) is 5.47. The fourth-order valence-corrected chi connectivity index (χ4v) is 3.46. The van der Waals surface area contributed by atoms with E-state index in [1.165, 1.54) is 20.8 Å². The van der Waals surface area contributed by atoms with E-state index in [0.717, 1.165) is 6.54 Å². The SMILES string of the molecule is FCCC[n+]1c(-c2ccccc2)sc2ccccc21.O=S(=O)([O-])C(F)(F)F. The van der Waals surface area contributed by atoms with Crippen molar-refractivity contribution in [2.24, 2.45) is 0 Å². The molecule has 0 fully saturated rings. The second kappa shape index (κ2) is 8.77. The van der Waals surface area contributed by atoms with Crippen molar-refractivity contribution in [2.75, 3.05) is 6.67 Å². The first-order valence-corrected chi connectivity index (χ1v) is 9.92. The van der Waals surface area contributed by atoms with Crippen LogP contribution in [0.2, 0.25) is 0 Å². The van der Waals surface area contributed by atoms with Crippen LogP contribution < -0.4 is 4.57 Å². The van der Waals surface area contributed by atoms with Gasteiger partial charge in [-0.1, -0.05) is 41.7 Å². The summed E-state index contributed by atoms with van der Waals surface area (Å²) in [5.41, 5.74) is -3.25. The zero-order chi connectivity index (χ0) is 20.1. The molecule has 0 aliphatic carbocycles. The maximum absolute atomic E-state index is 12.5. The molecule has 0 bridgehead atoms. The van der Waals surface area contributed by atoms with Crippen molar-refractivity contribution in [3.63, 3.8) is 0 Å². The van der Waals surface area contributed by atoms with Crippen molar-refractivity contribution in [1.29, 1.82) is 0 Å². The van der Waals surface area contributed by atoms with E-state index in [2.05, 4.69) is 28.8 Å². The number of thiazole rings is 1. The Morgan fingerprint density at radius 3 is 2.11 bits per heavy atom. The second-order valence-corrected chi connectivity index (χ2v) is 7.74. The highest BCUT2D eigenvalue weighted by Crippen LogP contribution is 2.28. The summed E-state index contributed by atoms with van der Waals surface area (Å²) in [5.74, 6) is 0. The van der Waals surface area contributed by atoms with Gasteiger partial charge in [0.05, 0.1) is 12.2 Å². The maximum Gasteiger partial charge on any atom is 0.485 e. The zero-order valence-electron chi connectivity index (χ0n) is 13.8. The lowest BCUT2D eigenvalue weighted by Gasteiger charge is -2.08. The summed E-state index contributed by atoms with van der Waals surface area (Å²) in [4.78, 5) is 0. The molecular formula is C17H15F4NO3S2. The molecule has 0 saturated heterocycles. The van der Waals surface area contributed by atoms with Crippen LogP contribution in [0.5, 0.6) is 0 Å². The lowest BCUT2D eigenvalue weighted by Crippen LogP contribution is -2.34. The van der Waals surface area contributed by atoms with Crippen LogP contribution >= 0.6 is 11.3 Å². The minimum atomic E-state index is -6.09. The Hall–Kier alpha value is -2.04. The quantitative estimate of drug-likeness (QED) is 0.274. The van der Waals surface area contributed by atoms with Gasteiger partial charge in [-0.2, -0.15) is 17.7 Å². The van der Waals surface area contributed by atoms with Gasteiger partial charge >= 0.3 is 5.51 Å². The molecule has 0 N–H and O–H groups in total. The molecule has 0 aliphatic rings. The smallest absolute Gasteiger partial charge is 0.485 e. The molecule has 3 rings (SSSR count). The molecule has 3 aromatic rings. The van der Waals surface area contributed by atoms with Gasteiger partial charge in [-0.25, -0.2) is 8.42 Å². The Morgan fingerprint density at radius 2 is 1.56 bits per heavy atom. The van der Waals surface area contributed by atoms with Crippen molar-refractivity contribution in [1.82, 2.24) is 0 Å². The van der Waals surface area contributed by atoms with Crippen molar-refractivity contribution in [3.05, 3.63) is 54.6 Å². The molecule has 27 heavy (non-hydrogen) atoms. The van der Waals surface area contributed by atoms with Crippen LogP contribution in [0.4, 0.5) is 17.6 Å². The van der Waals surface area contributed by atoms with Crippen LogP contribution in [0.1, 0.15) is 6.42 Å². The van der Waals surface area contributed by atoms with Gasteiger partial charge in [0, 0.05) is 12.5 Å². The van der Waals surface area contributed by atoms with Gasteiger partial charge in [-0.15, -0.1) is 0 Å². The van der Waals surface area contributed by atoms with E-state index in [1.807, 2.05) is 30.3 Å². The first-order valence-electron chi connectivity index (χ1n) is 7.70. The fourth-order valence-electron chi connectivity index (χ4n) is 2.27. The number of rotatable bonds is 4. The lowest BCUT2D eigenvalue weighted by atomic mass is 10.2. The molecule has 0 unspecified atom stereocenters. The number of benzene rings is 2. The van der Waals surface area contributed by atoms with E-state index in [1.54, 1.807) is 11.3 Å². The van der Waals surface area contributed by atoms with Crippen molar-refractivity contribution < 1.29 is 35.1 Å². The van der Waals surface area contributed by atoms with Crippen LogP contribution in [-0.4, -0.2) is 25.2 Å². The Kier molecular flexibility index (Phi) is 6.90. The summed E-state index contributed by atoms with van der Waals surface area (Å²) in [6.45, 7) is 0.455. The topological polar surface area (TPSA) is 61.1 Å². The summed E-state index contributed by atoms with van der Waals surface area (Å²) >= 11 is 1.77. The number of aryl methyl sites for hydroxylation is 1. The van der Waals surface area contributed by atoms with E-state index in [4.69, 9.17) is 13.0 Å². The number of hydrogen-bond acceptors (Lipinski definition) is 4. The van der Waals surface area contributed by atoms with Crippen LogP contribution in [0, 0.1) is 0 Å². The molecule has 0 aliphatic heterocycles. The third-order valence-corrected chi connectivity index (χ3v) is 5.21. The molecule has 2 aromatic carbocycles. The minimum absolute atomic E-state index is 0.272. The standard InChI is InChI=1S/C16H15FNS.CHF3O3S/c17-11-6-12-18-14-9-4-5-10-15(14)19-16(18)13-7-2-1-3-8-13;2-1(3,4)8(5,6)7/h1-5,7-10H,6,11-12H2;(H,5,6,7)/q+1;/p-1. The van der Waals surface area contributed by atoms with Gasteiger partial charge in [0.15, 0.2) is 16.7 Å². The highest BCUT2D eigenvalue weighted by Gasteiger charge is 2.36. The Morgan fingerprint density at radius 1 is 1.00 bits per heavy atom. The molecule has 146 valence electrons. The number of fused-ring (bicyclic) bond motifs is 1. The second-order valence-electron chi connectivity index (χ2n) is 5.34. The first kappa shape index (κ1) is 21.3. The number of aromatic nitrogens is 1. The molecule has 4 nitrogen and oxygen atoms in total. The third-order valence-electron chi connectivity index (χ3n) is 3.43. The Balaban J connectivity index is 0.000000279. The van der Waals surface area contributed by atoms with E-state index >= 15 is 0 Å². The van der Waals surface area contributed by atoms with E-state index in [9.17, 15) is 17.6 Å². The maximum atomic E-state index is 12.5. The van der Waals surface area contributed by atoms with Gasteiger partial charge in [-0.3, -0.25) is 4.39 Å². The number of hydrogen-bond donors (Lipinski definition) is 0. The molecule has 0 amide bonds. The molecule has 0 spiro atoms. The first-order chi connectivity index (χ1) is 12.6. The summed E-state index contributed by atoms with van der Waals surface area (Å²) in [7, 11) is -6.09. The predicted molar refractivity (Wildman–Crippen MR) is 93.8 cm³/mol.